The van der Waals surface area contributed by atoms with Gasteiger partial charge in [-0.1, -0.05) is 18.2 Å². The van der Waals surface area contributed by atoms with E-state index in [-0.39, 0.29) is 11.8 Å². The van der Waals surface area contributed by atoms with Gasteiger partial charge in [0.15, 0.2) is 0 Å². The molecule has 0 spiro atoms. The van der Waals surface area contributed by atoms with E-state index in [1.165, 1.54) is 0 Å². The number of nitrogens with zero attached hydrogens (tertiary/aromatic N) is 2. The fourth-order valence-corrected chi connectivity index (χ4v) is 3.01. The smallest absolute Gasteiger partial charge is 0.205 e. The number of nitrogens with one attached hydrogen (secondary N) is 2. The van der Waals surface area contributed by atoms with E-state index in [9.17, 15) is 5.26 Å². The van der Waals surface area contributed by atoms with Gasteiger partial charge in [0, 0.05) is 29.8 Å². The summed E-state index contributed by atoms with van der Waals surface area (Å²) in [6.45, 7) is 2.79. The monoisotopic (exact) mass is 316 g/mol. The minimum absolute atomic E-state index is 0.0639. The lowest BCUT2D eigenvalue weighted by Gasteiger charge is -2.30. The molecule has 0 aromatic heterocycles. The Morgan fingerprint density at radius 3 is 2.75 bits per heavy atom. The summed E-state index contributed by atoms with van der Waals surface area (Å²) in [6, 6.07) is 17.2. The van der Waals surface area contributed by atoms with Crippen LogP contribution in [0.15, 0.2) is 42.5 Å². The van der Waals surface area contributed by atoms with Crippen LogP contribution in [0, 0.1) is 34.0 Å². The molecule has 2 aromatic carbocycles. The standard InChI is InChI=1S/C19H16N4O/c1-2-23-14-6-7-15-17(9-14)24-19(22)16(11-21)18(15)13-5-3-4-12(8-13)10-20/h3-9,16,18,22-23H,2H2,1H3. The van der Waals surface area contributed by atoms with Crippen molar-refractivity contribution in [1.82, 2.24) is 0 Å². The Labute approximate surface area is 140 Å². The fourth-order valence-electron chi connectivity index (χ4n) is 3.01. The van der Waals surface area contributed by atoms with E-state index in [1.54, 1.807) is 18.2 Å². The number of anilines is 1. The molecule has 0 amide bonds. The largest absolute Gasteiger partial charge is 0.442 e. The molecule has 1 heterocycles. The Morgan fingerprint density at radius 1 is 1.21 bits per heavy atom. The van der Waals surface area contributed by atoms with Gasteiger partial charge in [-0.2, -0.15) is 10.5 Å². The molecule has 1 aliphatic heterocycles. The predicted molar refractivity (Wildman–Crippen MR) is 91.1 cm³/mol. The molecule has 2 atom stereocenters. The van der Waals surface area contributed by atoms with E-state index in [0.717, 1.165) is 23.4 Å². The molecular formula is C19H16N4O. The van der Waals surface area contributed by atoms with Gasteiger partial charge in [0.2, 0.25) is 5.90 Å². The number of hydrogen-bond acceptors (Lipinski definition) is 5. The van der Waals surface area contributed by atoms with Crippen LogP contribution in [0.4, 0.5) is 5.69 Å². The van der Waals surface area contributed by atoms with Crippen molar-refractivity contribution in [3.8, 4) is 17.9 Å². The molecule has 24 heavy (non-hydrogen) atoms. The van der Waals surface area contributed by atoms with Crippen LogP contribution in [0.5, 0.6) is 5.75 Å². The van der Waals surface area contributed by atoms with Gasteiger partial charge >= 0.3 is 0 Å². The molecule has 3 rings (SSSR count). The molecule has 2 N–H and O–H groups in total. The first-order valence-electron chi connectivity index (χ1n) is 7.71. The Balaban J connectivity index is 2.14. The predicted octanol–water partition coefficient (Wildman–Crippen LogP) is 3.63. The van der Waals surface area contributed by atoms with Gasteiger partial charge in [-0.25, -0.2) is 0 Å². The zero-order chi connectivity index (χ0) is 17.1. The molecule has 118 valence electrons. The maximum absolute atomic E-state index is 9.54. The van der Waals surface area contributed by atoms with Crippen molar-refractivity contribution in [3.63, 3.8) is 0 Å². The molecule has 0 fully saturated rings. The lowest BCUT2D eigenvalue weighted by atomic mass is 9.78. The van der Waals surface area contributed by atoms with Crippen LogP contribution in [0.25, 0.3) is 0 Å². The first kappa shape index (κ1) is 15.6. The lowest BCUT2D eigenvalue weighted by molar-refractivity contribution is 0.450. The van der Waals surface area contributed by atoms with Gasteiger partial charge in [-0.05, 0) is 30.7 Å². The lowest BCUT2D eigenvalue weighted by Crippen LogP contribution is -2.31. The molecular weight excluding hydrogens is 300 g/mol. The average molecular weight is 316 g/mol. The van der Waals surface area contributed by atoms with E-state index < -0.39 is 5.92 Å². The highest BCUT2D eigenvalue weighted by molar-refractivity contribution is 5.85. The van der Waals surface area contributed by atoms with Gasteiger partial charge in [0.1, 0.15) is 11.7 Å². The van der Waals surface area contributed by atoms with Gasteiger partial charge in [0.25, 0.3) is 0 Å². The molecule has 0 saturated heterocycles. The maximum atomic E-state index is 9.54. The summed E-state index contributed by atoms with van der Waals surface area (Å²) >= 11 is 0. The third kappa shape index (κ3) is 2.68. The van der Waals surface area contributed by atoms with E-state index in [2.05, 4.69) is 17.5 Å². The van der Waals surface area contributed by atoms with Gasteiger partial charge < -0.3 is 10.1 Å². The number of benzene rings is 2. The molecule has 1 aliphatic rings. The molecule has 0 bridgehead atoms. The summed E-state index contributed by atoms with van der Waals surface area (Å²) < 4.78 is 5.59. The van der Waals surface area contributed by atoms with Crippen LogP contribution in [-0.4, -0.2) is 12.4 Å². The zero-order valence-corrected chi connectivity index (χ0v) is 13.2. The van der Waals surface area contributed by atoms with Crippen molar-refractivity contribution in [1.29, 1.82) is 15.9 Å². The average Bonchev–Trinajstić information content (AvgIpc) is 2.60. The van der Waals surface area contributed by atoms with E-state index in [4.69, 9.17) is 15.4 Å². The second-order valence-electron chi connectivity index (χ2n) is 5.57. The van der Waals surface area contributed by atoms with E-state index in [0.29, 0.717) is 11.3 Å². The van der Waals surface area contributed by atoms with Crippen LogP contribution >= 0.6 is 0 Å². The number of rotatable bonds is 3. The molecule has 0 radical (unpaired) electrons. The van der Waals surface area contributed by atoms with Crippen molar-refractivity contribution in [2.24, 2.45) is 5.92 Å². The Bertz CT molecular complexity index is 876. The Kier molecular flexibility index (Phi) is 4.18. The van der Waals surface area contributed by atoms with Crippen LogP contribution in [0.3, 0.4) is 0 Å². The highest BCUT2D eigenvalue weighted by atomic mass is 16.5. The van der Waals surface area contributed by atoms with Gasteiger partial charge in [0.05, 0.1) is 17.7 Å². The van der Waals surface area contributed by atoms with Crippen LogP contribution in [0.1, 0.15) is 29.5 Å². The molecule has 0 aliphatic carbocycles. The highest BCUT2D eigenvalue weighted by Crippen LogP contribution is 2.43. The number of nitriles is 2. The first-order valence-corrected chi connectivity index (χ1v) is 7.71. The van der Waals surface area contributed by atoms with Crippen molar-refractivity contribution in [2.45, 2.75) is 12.8 Å². The van der Waals surface area contributed by atoms with Gasteiger partial charge in [-0.15, -0.1) is 0 Å². The van der Waals surface area contributed by atoms with Crippen molar-refractivity contribution < 1.29 is 4.74 Å². The number of fused-ring (bicyclic) bond motifs is 1. The molecule has 5 nitrogen and oxygen atoms in total. The van der Waals surface area contributed by atoms with Crippen molar-refractivity contribution in [2.75, 3.05) is 11.9 Å². The van der Waals surface area contributed by atoms with Crippen molar-refractivity contribution >= 4 is 11.6 Å². The normalized spacial score (nSPS) is 18.7. The van der Waals surface area contributed by atoms with E-state index in [1.807, 2.05) is 31.2 Å². The fraction of sp³-hybridized carbons (Fsp3) is 0.211. The topological polar surface area (TPSA) is 92.7 Å². The summed E-state index contributed by atoms with van der Waals surface area (Å²) in [4.78, 5) is 0. The van der Waals surface area contributed by atoms with Crippen LogP contribution < -0.4 is 10.1 Å². The zero-order valence-electron chi connectivity index (χ0n) is 13.2. The number of ether oxygens (including phenoxy) is 1. The number of hydrogen-bond donors (Lipinski definition) is 2. The summed E-state index contributed by atoms with van der Waals surface area (Å²) in [5.41, 5.74) is 3.14. The summed E-state index contributed by atoms with van der Waals surface area (Å²) in [5.74, 6) is -0.519. The molecule has 2 aromatic rings. The summed E-state index contributed by atoms with van der Waals surface area (Å²) in [5, 5.41) is 30.0. The second-order valence-corrected chi connectivity index (χ2v) is 5.57. The minimum atomic E-state index is -0.712. The van der Waals surface area contributed by atoms with Gasteiger partial charge in [-0.3, -0.25) is 5.41 Å². The third-order valence-electron chi connectivity index (χ3n) is 4.08. The quantitative estimate of drug-likeness (QED) is 0.904. The second kappa shape index (κ2) is 6.44. The summed E-state index contributed by atoms with van der Waals surface area (Å²) in [6.07, 6.45) is 0. The Hall–Kier alpha value is -3.31. The summed E-state index contributed by atoms with van der Waals surface area (Å²) in [7, 11) is 0. The highest BCUT2D eigenvalue weighted by Gasteiger charge is 2.37. The Morgan fingerprint density at radius 2 is 2.04 bits per heavy atom. The van der Waals surface area contributed by atoms with Crippen molar-refractivity contribution in [3.05, 3.63) is 59.2 Å². The van der Waals surface area contributed by atoms with Crippen LogP contribution in [-0.2, 0) is 0 Å². The molecule has 2 unspecified atom stereocenters. The third-order valence-corrected chi connectivity index (χ3v) is 4.08. The van der Waals surface area contributed by atoms with Crippen LogP contribution in [0.2, 0.25) is 0 Å². The molecule has 5 heteroatoms. The minimum Gasteiger partial charge on any atom is -0.442 e. The first-order chi connectivity index (χ1) is 11.7. The SMILES string of the molecule is CCNc1ccc2c(c1)OC(=N)C(C#N)C2c1cccc(C#N)c1. The van der Waals surface area contributed by atoms with E-state index >= 15 is 0 Å². The molecule has 0 saturated carbocycles. The maximum Gasteiger partial charge on any atom is 0.205 e.